The largest absolute Gasteiger partial charge is 0.463 e. The van der Waals surface area contributed by atoms with E-state index in [0.717, 1.165) is 24.4 Å². The van der Waals surface area contributed by atoms with Gasteiger partial charge in [-0.1, -0.05) is 20.8 Å². The molecule has 154 valence electrons. The molecule has 6 nitrogen and oxygen atoms in total. The third-order valence-electron chi connectivity index (χ3n) is 5.14. The summed E-state index contributed by atoms with van der Waals surface area (Å²) in [5.41, 5.74) is 1.74. The van der Waals surface area contributed by atoms with Crippen LogP contribution in [-0.4, -0.2) is 37.7 Å². The molecule has 1 aliphatic rings. The maximum atomic E-state index is 11.7. The Hall–Kier alpha value is -1.98. The molecule has 3 atom stereocenters. The van der Waals surface area contributed by atoms with Crippen molar-refractivity contribution in [2.75, 3.05) is 19.8 Å². The first-order valence-corrected chi connectivity index (χ1v) is 9.81. The average molecular weight is 381 g/mol. The van der Waals surface area contributed by atoms with Crippen molar-refractivity contribution < 1.29 is 19.1 Å². The summed E-state index contributed by atoms with van der Waals surface area (Å²) in [5, 5.41) is 6.88. The van der Waals surface area contributed by atoms with E-state index in [1.165, 1.54) is 12.2 Å². The van der Waals surface area contributed by atoms with Gasteiger partial charge in [-0.2, -0.15) is 0 Å². The monoisotopic (exact) mass is 380 g/mol. The molecule has 0 amide bonds. The molecule has 1 rings (SSSR count). The summed E-state index contributed by atoms with van der Waals surface area (Å²) >= 11 is 0. The number of nitrogens with one attached hydrogen (secondary N) is 2. The standard InChI is InChI=1S/C21H36N2O4/c1-8-26-18(24)10-15(4)22-13-17-20(14(3)12-21(17,6)7)23-16(5)11-19(25)27-9-2/h10-11,14,17,20,22-23H,8-9,12-13H2,1-7H3. The fraction of sp³-hybridized carbons (Fsp3) is 0.714. The maximum Gasteiger partial charge on any atom is 0.332 e. The number of ether oxygens (including phenoxy) is 2. The first-order chi connectivity index (χ1) is 12.6. The van der Waals surface area contributed by atoms with E-state index in [1.54, 1.807) is 13.8 Å². The minimum absolute atomic E-state index is 0.137. The Morgan fingerprint density at radius 3 is 2.07 bits per heavy atom. The molecule has 1 saturated carbocycles. The SMILES string of the molecule is CCOC(=O)C=C(C)NCC1C(NC(C)=CC(=O)OCC)C(C)CC1(C)C. The highest BCUT2D eigenvalue weighted by atomic mass is 16.5. The molecule has 0 saturated heterocycles. The van der Waals surface area contributed by atoms with Crippen LogP contribution in [0.25, 0.3) is 0 Å². The number of hydrogen-bond donors (Lipinski definition) is 2. The van der Waals surface area contributed by atoms with Crippen molar-refractivity contribution in [3.8, 4) is 0 Å². The van der Waals surface area contributed by atoms with Crippen LogP contribution in [-0.2, 0) is 19.1 Å². The second-order valence-corrected chi connectivity index (χ2v) is 7.99. The van der Waals surface area contributed by atoms with E-state index < -0.39 is 0 Å². The van der Waals surface area contributed by atoms with Crippen LogP contribution in [0.3, 0.4) is 0 Å². The van der Waals surface area contributed by atoms with Crippen molar-refractivity contribution >= 4 is 11.9 Å². The topological polar surface area (TPSA) is 76.7 Å². The molecule has 1 fully saturated rings. The molecule has 0 aromatic rings. The van der Waals surface area contributed by atoms with Gasteiger partial charge in [-0.15, -0.1) is 0 Å². The van der Waals surface area contributed by atoms with Crippen LogP contribution >= 0.6 is 0 Å². The molecule has 0 aliphatic heterocycles. The van der Waals surface area contributed by atoms with Gasteiger partial charge in [-0.05, 0) is 45.4 Å². The molecule has 0 bridgehead atoms. The Bertz CT molecular complexity index is 581. The lowest BCUT2D eigenvalue weighted by Crippen LogP contribution is -2.43. The molecule has 1 aliphatic carbocycles. The summed E-state index contributed by atoms with van der Waals surface area (Å²) in [6.45, 7) is 15.6. The highest BCUT2D eigenvalue weighted by molar-refractivity contribution is 5.82. The summed E-state index contributed by atoms with van der Waals surface area (Å²) in [7, 11) is 0. The first kappa shape index (κ1) is 23.1. The van der Waals surface area contributed by atoms with Gasteiger partial charge in [-0.3, -0.25) is 0 Å². The smallest absolute Gasteiger partial charge is 0.332 e. The lowest BCUT2D eigenvalue weighted by atomic mass is 9.80. The van der Waals surface area contributed by atoms with Gasteiger partial charge in [0.05, 0.1) is 13.2 Å². The third kappa shape index (κ3) is 7.27. The van der Waals surface area contributed by atoms with Gasteiger partial charge >= 0.3 is 11.9 Å². The lowest BCUT2D eigenvalue weighted by molar-refractivity contribution is -0.138. The first-order valence-electron chi connectivity index (χ1n) is 9.81. The van der Waals surface area contributed by atoms with Crippen LogP contribution in [0.15, 0.2) is 23.5 Å². The Kier molecular flexibility index (Phi) is 8.86. The molecule has 3 unspecified atom stereocenters. The highest BCUT2D eigenvalue weighted by Crippen LogP contribution is 2.46. The van der Waals surface area contributed by atoms with Crippen molar-refractivity contribution in [3.05, 3.63) is 23.5 Å². The van der Waals surface area contributed by atoms with Crippen molar-refractivity contribution in [1.82, 2.24) is 10.6 Å². The number of esters is 2. The second kappa shape index (κ2) is 10.4. The quantitative estimate of drug-likeness (QED) is 0.473. The normalized spacial score (nSPS) is 25.1. The Morgan fingerprint density at radius 1 is 1.04 bits per heavy atom. The number of carbonyl (C=O) groups excluding carboxylic acids is 2. The van der Waals surface area contributed by atoms with Crippen LogP contribution in [0.1, 0.15) is 54.9 Å². The molecule has 0 aromatic heterocycles. The van der Waals surface area contributed by atoms with E-state index in [0.29, 0.717) is 25.0 Å². The van der Waals surface area contributed by atoms with E-state index in [-0.39, 0.29) is 23.4 Å². The number of carbonyl (C=O) groups is 2. The molecular formula is C21H36N2O4. The maximum absolute atomic E-state index is 11.7. The molecule has 6 heteroatoms. The van der Waals surface area contributed by atoms with Crippen molar-refractivity contribution in [1.29, 1.82) is 0 Å². The molecule has 27 heavy (non-hydrogen) atoms. The zero-order valence-electron chi connectivity index (χ0n) is 17.8. The summed E-state index contributed by atoms with van der Waals surface area (Å²) in [6, 6.07) is 0.230. The predicted octanol–water partition coefficient (Wildman–Crippen LogP) is 3.15. The van der Waals surface area contributed by atoms with Crippen LogP contribution in [0.5, 0.6) is 0 Å². The van der Waals surface area contributed by atoms with Crippen LogP contribution < -0.4 is 10.6 Å². The van der Waals surface area contributed by atoms with Crippen LogP contribution in [0, 0.1) is 17.3 Å². The van der Waals surface area contributed by atoms with E-state index >= 15 is 0 Å². The second-order valence-electron chi connectivity index (χ2n) is 7.99. The third-order valence-corrected chi connectivity index (χ3v) is 5.14. The van der Waals surface area contributed by atoms with Crippen LogP contribution in [0.2, 0.25) is 0 Å². The highest BCUT2D eigenvalue weighted by Gasteiger charge is 2.46. The Labute approximate surface area is 163 Å². The van der Waals surface area contributed by atoms with Crippen molar-refractivity contribution in [2.24, 2.45) is 17.3 Å². The summed E-state index contributed by atoms with van der Waals surface area (Å²) < 4.78 is 9.94. The van der Waals surface area contributed by atoms with E-state index in [1.807, 2.05) is 13.8 Å². The predicted molar refractivity (Wildman–Crippen MR) is 107 cm³/mol. The van der Waals surface area contributed by atoms with E-state index in [2.05, 4.69) is 31.4 Å². The van der Waals surface area contributed by atoms with Gasteiger partial charge in [0.2, 0.25) is 0 Å². The lowest BCUT2D eigenvalue weighted by Gasteiger charge is -2.32. The van der Waals surface area contributed by atoms with E-state index in [9.17, 15) is 9.59 Å². The number of rotatable bonds is 9. The fourth-order valence-electron chi connectivity index (χ4n) is 3.98. The minimum Gasteiger partial charge on any atom is -0.463 e. The molecule has 2 N–H and O–H groups in total. The van der Waals surface area contributed by atoms with Gasteiger partial charge in [0.1, 0.15) is 0 Å². The minimum atomic E-state index is -0.329. The fourth-order valence-corrected chi connectivity index (χ4v) is 3.98. The van der Waals surface area contributed by atoms with Gasteiger partial charge in [0, 0.05) is 42.1 Å². The number of allylic oxidation sites excluding steroid dienone is 2. The number of hydrogen-bond acceptors (Lipinski definition) is 6. The van der Waals surface area contributed by atoms with Crippen LogP contribution in [0.4, 0.5) is 0 Å². The summed E-state index contributed by atoms with van der Waals surface area (Å²) in [6.07, 6.45) is 4.09. The molecule has 0 spiro atoms. The summed E-state index contributed by atoms with van der Waals surface area (Å²) in [5.74, 6) is 0.148. The molecule has 0 radical (unpaired) electrons. The van der Waals surface area contributed by atoms with Crippen molar-refractivity contribution in [2.45, 2.75) is 60.9 Å². The van der Waals surface area contributed by atoms with Gasteiger partial charge in [0.25, 0.3) is 0 Å². The Balaban J connectivity index is 2.81. The molecule has 0 heterocycles. The average Bonchev–Trinajstić information content (AvgIpc) is 2.74. The van der Waals surface area contributed by atoms with Gasteiger partial charge in [0.15, 0.2) is 0 Å². The molecule has 0 aromatic carbocycles. The van der Waals surface area contributed by atoms with E-state index in [4.69, 9.17) is 9.47 Å². The van der Waals surface area contributed by atoms with Gasteiger partial charge < -0.3 is 20.1 Å². The summed E-state index contributed by atoms with van der Waals surface area (Å²) in [4.78, 5) is 23.3. The van der Waals surface area contributed by atoms with Gasteiger partial charge in [-0.25, -0.2) is 9.59 Å². The van der Waals surface area contributed by atoms with Crippen molar-refractivity contribution in [3.63, 3.8) is 0 Å². The zero-order valence-corrected chi connectivity index (χ0v) is 17.8. The zero-order chi connectivity index (χ0) is 20.6. The molecular weight excluding hydrogens is 344 g/mol. The Morgan fingerprint density at radius 2 is 1.56 bits per heavy atom.